The molecule has 2 rings (SSSR count). The molecular formula is C21H27FN2O2. The number of hydrogen-bond donors (Lipinski definition) is 1. The van der Waals surface area contributed by atoms with Crippen molar-refractivity contribution in [2.75, 3.05) is 14.2 Å². The van der Waals surface area contributed by atoms with Crippen molar-refractivity contribution >= 4 is 6.03 Å². The van der Waals surface area contributed by atoms with Crippen LogP contribution in [0.2, 0.25) is 0 Å². The number of nitrogens with one attached hydrogen (secondary N) is 1. The van der Waals surface area contributed by atoms with Gasteiger partial charge in [-0.3, -0.25) is 0 Å². The number of hydrogen-bond acceptors (Lipinski definition) is 2. The van der Waals surface area contributed by atoms with Gasteiger partial charge >= 0.3 is 6.03 Å². The minimum Gasteiger partial charge on any atom is -0.494 e. The summed E-state index contributed by atoms with van der Waals surface area (Å²) < 4.78 is 18.7. The second-order valence-electron chi connectivity index (χ2n) is 7.08. The number of methoxy groups -OCH3 is 1. The largest absolute Gasteiger partial charge is 0.494 e. The summed E-state index contributed by atoms with van der Waals surface area (Å²) in [6.45, 7) is 6.51. The maximum absolute atomic E-state index is 13.8. The van der Waals surface area contributed by atoms with Crippen LogP contribution in [0.1, 0.15) is 31.9 Å². The molecule has 1 unspecified atom stereocenters. The van der Waals surface area contributed by atoms with Gasteiger partial charge in [-0.05, 0) is 30.2 Å². The van der Waals surface area contributed by atoms with Crippen molar-refractivity contribution in [3.63, 3.8) is 0 Å². The van der Waals surface area contributed by atoms with Gasteiger partial charge in [0.1, 0.15) is 0 Å². The minimum atomic E-state index is -0.433. The Kier molecular flexibility index (Phi) is 6.24. The van der Waals surface area contributed by atoms with E-state index in [1.54, 1.807) is 24.1 Å². The molecule has 0 fully saturated rings. The second-order valence-corrected chi connectivity index (χ2v) is 7.08. The number of halogens is 1. The average Bonchev–Trinajstić information content (AvgIpc) is 2.62. The number of carbonyl (C=O) groups excluding carboxylic acids is 1. The summed E-state index contributed by atoms with van der Waals surface area (Å²) in [7, 11) is 3.12. The van der Waals surface area contributed by atoms with Crippen LogP contribution in [0.15, 0.2) is 48.5 Å². The molecule has 0 spiro atoms. The predicted molar refractivity (Wildman–Crippen MR) is 102 cm³/mol. The average molecular weight is 358 g/mol. The highest BCUT2D eigenvalue weighted by atomic mass is 19.1. The highest BCUT2D eigenvalue weighted by Crippen LogP contribution is 2.27. The van der Waals surface area contributed by atoms with Gasteiger partial charge in [0.2, 0.25) is 0 Å². The molecule has 1 N–H and O–H groups in total. The van der Waals surface area contributed by atoms with Gasteiger partial charge in [0, 0.05) is 25.0 Å². The Morgan fingerprint density at radius 3 is 2.46 bits per heavy atom. The van der Waals surface area contributed by atoms with Crippen molar-refractivity contribution in [1.29, 1.82) is 0 Å². The Labute approximate surface area is 155 Å². The highest BCUT2D eigenvalue weighted by molar-refractivity contribution is 5.74. The molecule has 0 heterocycles. The van der Waals surface area contributed by atoms with E-state index in [1.807, 2.05) is 25.1 Å². The Hall–Kier alpha value is -2.56. The van der Waals surface area contributed by atoms with Crippen molar-refractivity contribution in [1.82, 2.24) is 10.2 Å². The van der Waals surface area contributed by atoms with E-state index in [1.165, 1.54) is 13.2 Å². The van der Waals surface area contributed by atoms with E-state index in [4.69, 9.17) is 4.74 Å². The number of rotatable bonds is 6. The summed E-state index contributed by atoms with van der Waals surface area (Å²) in [5.41, 5.74) is 1.65. The van der Waals surface area contributed by atoms with Crippen molar-refractivity contribution in [2.45, 2.75) is 38.8 Å². The van der Waals surface area contributed by atoms with Crippen LogP contribution in [0.25, 0.3) is 0 Å². The Morgan fingerprint density at radius 1 is 1.23 bits per heavy atom. The Balaban J connectivity index is 2.01. The van der Waals surface area contributed by atoms with E-state index in [-0.39, 0.29) is 23.2 Å². The summed E-state index contributed by atoms with van der Waals surface area (Å²) in [5, 5.41) is 3.04. The first-order valence-electron chi connectivity index (χ1n) is 8.65. The van der Waals surface area contributed by atoms with E-state index in [2.05, 4.69) is 31.3 Å². The third-order valence-corrected chi connectivity index (χ3v) is 4.92. The van der Waals surface area contributed by atoms with Crippen LogP contribution in [0.3, 0.4) is 0 Å². The first kappa shape index (κ1) is 19.8. The fourth-order valence-corrected chi connectivity index (χ4v) is 2.75. The molecule has 140 valence electrons. The van der Waals surface area contributed by atoms with Gasteiger partial charge in [-0.2, -0.15) is 0 Å². The van der Waals surface area contributed by atoms with E-state index < -0.39 is 5.82 Å². The standard InChI is InChI=1S/C21H27FN2O2/c1-15(21(2,3)17-9-7-6-8-10-17)23-20(25)24(4)14-16-11-12-19(26-5)18(22)13-16/h6-13,15H,14H2,1-5H3,(H,23,25). The summed E-state index contributed by atoms with van der Waals surface area (Å²) >= 11 is 0. The fraction of sp³-hybridized carbons (Fsp3) is 0.381. The minimum absolute atomic E-state index is 0.0764. The third-order valence-electron chi connectivity index (χ3n) is 4.92. The maximum Gasteiger partial charge on any atom is 0.317 e. The Bertz CT molecular complexity index is 747. The van der Waals surface area contributed by atoms with Gasteiger partial charge in [0.25, 0.3) is 0 Å². The first-order chi connectivity index (χ1) is 12.3. The molecule has 1 atom stereocenters. The fourth-order valence-electron chi connectivity index (χ4n) is 2.75. The van der Waals surface area contributed by atoms with Gasteiger partial charge in [0.15, 0.2) is 11.6 Å². The number of carbonyl (C=O) groups is 1. The lowest BCUT2D eigenvalue weighted by molar-refractivity contribution is 0.197. The molecule has 5 heteroatoms. The SMILES string of the molecule is COc1ccc(CN(C)C(=O)NC(C)C(C)(C)c2ccccc2)cc1F. The van der Waals surface area contributed by atoms with E-state index >= 15 is 0 Å². The molecule has 0 aliphatic rings. The lowest BCUT2D eigenvalue weighted by Crippen LogP contribution is -2.49. The van der Waals surface area contributed by atoms with Crippen molar-refractivity contribution < 1.29 is 13.9 Å². The zero-order chi connectivity index (χ0) is 19.3. The molecular weight excluding hydrogens is 331 g/mol. The summed E-state index contributed by atoms with van der Waals surface area (Å²) in [6, 6.07) is 14.5. The lowest BCUT2D eigenvalue weighted by Gasteiger charge is -2.34. The monoisotopic (exact) mass is 358 g/mol. The molecule has 2 aromatic rings. The molecule has 0 radical (unpaired) electrons. The normalized spacial score (nSPS) is 12.4. The smallest absolute Gasteiger partial charge is 0.317 e. The van der Waals surface area contributed by atoms with Gasteiger partial charge in [-0.15, -0.1) is 0 Å². The van der Waals surface area contributed by atoms with Crippen LogP contribution >= 0.6 is 0 Å². The lowest BCUT2D eigenvalue weighted by atomic mass is 9.78. The van der Waals surface area contributed by atoms with Gasteiger partial charge in [-0.1, -0.05) is 50.2 Å². The number of ether oxygens (including phenoxy) is 1. The molecule has 2 aromatic carbocycles. The van der Waals surface area contributed by atoms with E-state index in [9.17, 15) is 9.18 Å². The van der Waals surface area contributed by atoms with Crippen molar-refractivity contribution in [3.05, 3.63) is 65.5 Å². The molecule has 0 aliphatic carbocycles. The molecule has 0 saturated carbocycles. The maximum atomic E-state index is 13.8. The van der Waals surface area contributed by atoms with Crippen LogP contribution in [-0.4, -0.2) is 31.1 Å². The first-order valence-corrected chi connectivity index (χ1v) is 8.65. The van der Waals surface area contributed by atoms with Crippen LogP contribution in [-0.2, 0) is 12.0 Å². The second kappa shape index (κ2) is 8.21. The van der Waals surface area contributed by atoms with Crippen LogP contribution in [0, 0.1) is 5.82 Å². The molecule has 0 aromatic heterocycles. The number of urea groups is 1. The van der Waals surface area contributed by atoms with Gasteiger partial charge in [0.05, 0.1) is 7.11 Å². The third kappa shape index (κ3) is 4.54. The van der Waals surface area contributed by atoms with Gasteiger partial charge < -0.3 is 15.0 Å². The molecule has 2 amide bonds. The topological polar surface area (TPSA) is 41.6 Å². The zero-order valence-electron chi connectivity index (χ0n) is 16.0. The molecule has 26 heavy (non-hydrogen) atoms. The van der Waals surface area contributed by atoms with Crippen LogP contribution in [0.4, 0.5) is 9.18 Å². The molecule has 0 saturated heterocycles. The van der Waals surface area contributed by atoms with Crippen LogP contribution < -0.4 is 10.1 Å². The summed E-state index contributed by atoms with van der Waals surface area (Å²) in [5.74, 6) is -0.239. The molecule has 0 bridgehead atoms. The van der Waals surface area contributed by atoms with Crippen molar-refractivity contribution in [2.24, 2.45) is 0 Å². The molecule has 4 nitrogen and oxygen atoms in total. The number of benzene rings is 2. The van der Waals surface area contributed by atoms with Crippen molar-refractivity contribution in [3.8, 4) is 5.75 Å². The van der Waals surface area contributed by atoms with E-state index in [0.29, 0.717) is 12.1 Å². The highest BCUT2D eigenvalue weighted by Gasteiger charge is 2.29. The van der Waals surface area contributed by atoms with Crippen LogP contribution in [0.5, 0.6) is 5.75 Å². The summed E-state index contributed by atoms with van der Waals surface area (Å²) in [6.07, 6.45) is 0. The quantitative estimate of drug-likeness (QED) is 0.834. The zero-order valence-corrected chi connectivity index (χ0v) is 16.0. The number of amides is 2. The van der Waals surface area contributed by atoms with E-state index in [0.717, 1.165) is 5.56 Å². The Morgan fingerprint density at radius 2 is 1.88 bits per heavy atom. The number of nitrogens with zero attached hydrogens (tertiary/aromatic N) is 1. The predicted octanol–water partition coefficient (Wildman–Crippen LogP) is 4.34. The molecule has 0 aliphatic heterocycles. The summed E-state index contributed by atoms with van der Waals surface area (Å²) in [4.78, 5) is 14.1. The van der Waals surface area contributed by atoms with Gasteiger partial charge in [-0.25, -0.2) is 9.18 Å².